The fourth-order valence-corrected chi connectivity index (χ4v) is 2.58. The van der Waals surface area contributed by atoms with Gasteiger partial charge in [0.1, 0.15) is 5.75 Å². The van der Waals surface area contributed by atoms with Crippen molar-refractivity contribution in [3.05, 3.63) is 53.6 Å². The topological polar surface area (TPSA) is 36.9 Å². The van der Waals surface area contributed by atoms with Gasteiger partial charge in [-0.15, -0.1) is 0 Å². The number of hydrogen-bond acceptors (Lipinski definition) is 4. The Hall–Kier alpha value is -2.20. The average Bonchev–Trinajstić information content (AvgIpc) is 3.07. The van der Waals surface area contributed by atoms with Gasteiger partial charge < -0.3 is 18.9 Å². The Balaban J connectivity index is 1.51. The molecule has 0 saturated carbocycles. The van der Waals surface area contributed by atoms with Crippen LogP contribution in [-0.2, 0) is 11.3 Å². The van der Waals surface area contributed by atoms with E-state index in [1.165, 1.54) is 5.56 Å². The molecule has 2 unspecified atom stereocenters. The van der Waals surface area contributed by atoms with E-state index in [2.05, 4.69) is 26.0 Å². The molecule has 0 aromatic heterocycles. The second kappa shape index (κ2) is 7.58. The maximum atomic E-state index is 5.82. The molecule has 24 heavy (non-hydrogen) atoms. The van der Waals surface area contributed by atoms with Gasteiger partial charge in [-0.2, -0.15) is 0 Å². The van der Waals surface area contributed by atoms with Crippen molar-refractivity contribution < 1.29 is 18.9 Å². The summed E-state index contributed by atoms with van der Waals surface area (Å²) in [4.78, 5) is 0. The van der Waals surface area contributed by atoms with E-state index in [0.717, 1.165) is 29.2 Å². The van der Waals surface area contributed by atoms with Gasteiger partial charge in [0.2, 0.25) is 6.79 Å². The van der Waals surface area contributed by atoms with Gasteiger partial charge in [-0.25, -0.2) is 0 Å². The van der Waals surface area contributed by atoms with Crippen molar-refractivity contribution in [2.45, 2.75) is 46.0 Å². The van der Waals surface area contributed by atoms with Gasteiger partial charge in [0.25, 0.3) is 0 Å². The number of hydrogen-bond donors (Lipinski definition) is 0. The van der Waals surface area contributed by atoms with Crippen molar-refractivity contribution in [3.8, 4) is 17.2 Å². The van der Waals surface area contributed by atoms with Crippen LogP contribution >= 0.6 is 0 Å². The highest BCUT2D eigenvalue weighted by Crippen LogP contribution is 2.32. The Bertz CT molecular complexity index is 666. The van der Waals surface area contributed by atoms with Crippen LogP contribution in [0.4, 0.5) is 0 Å². The lowest BCUT2D eigenvalue weighted by Crippen LogP contribution is -2.16. The third-order valence-electron chi connectivity index (χ3n) is 4.29. The van der Waals surface area contributed by atoms with Crippen LogP contribution in [0.1, 0.15) is 44.2 Å². The van der Waals surface area contributed by atoms with Crippen molar-refractivity contribution in [2.24, 2.45) is 0 Å². The van der Waals surface area contributed by atoms with Crippen LogP contribution in [0.2, 0.25) is 0 Å². The minimum Gasteiger partial charge on any atom is -0.465 e. The molecule has 1 aliphatic rings. The Labute approximate surface area is 143 Å². The van der Waals surface area contributed by atoms with Crippen molar-refractivity contribution in [3.63, 3.8) is 0 Å². The van der Waals surface area contributed by atoms with Crippen LogP contribution in [0.3, 0.4) is 0 Å². The molecule has 0 fully saturated rings. The van der Waals surface area contributed by atoms with Crippen LogP contribution in [0.25, 0.3) is 0 Å². The molecule has 0 aliphatic carbocycles. The number of ether oxygens (including phenoxy) is 4. The van der Waals surface area contributed by atoms with E-state index in [9.17, 15) is 0 Å². The fourth-order valence-electron chi connectivity index (χ4n) is 2.58. The third-order valence-corrected chi connectivity index (χ3v) is 4.29. The van der Waals surface area contributed by atoms with E-state index in [1.807, 2.05) is 37.3 Å². The predicted molar refractivity (Wildman–Crippen MR) is 92.6 cm³/mol. The molecule has 2 aromatic carbocycles. The zero-order chi connectivity index (χ0) is 16.9. The molecule has 2 atom stereocenters. The molecule has 1 heterocycles. The molecule has 0 radical (unpaired) electrons. The molecule has 0 amide bonds. The summed E-state index contributed by atoms with van der Waals surface area (Å²) < 4.78 is 22.3. The van der Waals surface area contributed by atoms with Gasteiger partial charge in [0.05, 0.1) is 6.61 Å². The van der Waals surface area contributed by atoms with E-state index in [0.29, 0.717) is 12.5 Å². The third kappa shape index (κ3) is 4.01. The van der Waals surface area contributed by atoms with Crippen molar-refractivity contribution in [1.82, 2.24) is 0 Å². The lowest BCUT2D eigenvalue weighted by atomic mass is 9.99. The maximum Gasteiger partial charge on any atom is 0.231 e. The van der Waals surface area contributed by atoms with Crippen LogP contribution in [0.15, 0.2) is 42.5 Å². The van der Waals surface area contributed by atoms with Crippen LogP contribution < -0.4 is 14.2 Å². The van der Waals surface area contributed by atoms with Crippen LogP contribution in [-0.4, -0.2) is 13.1 Å². The van der Waals surface area contributed by atoms with E-state index in [-0.39, 0.29) is 13.1 Å². The van der Waals surface area contributed by atoms with Gasteiger partial charge in [-0.3, -0.25) is 0 Å². The quantitative estimate of drug-likeness (QED) is 0.680. The van der Waals surface area contributed by atoms with Gasteiger partial charge in [-0.05, 0) is 54.7 Å². The summed E-state index contributed by atoms with van der Waals surface area (Å²) in [7, 11) is 0. The minimum atomic E-state index is -0.329. The first-order valence-corrected chi connectivity index (χ1v) is 8.42. The van der Waals surface area contributed by atoms with Crippen molar-refractivity contribution >= 4 is 0 Å². The summed E-state index contributed by atoms with van der Waals surface area (Å²) in [5, 5.41) is 0. The molecule has 4 heteroatoms. The molecule has 2 aromatic rings. The Kier molecular flexibility index (Phi) is 5.26. The highest BCUT2D eigenvalue weighted by molar-refractivity contribution is 5.44. The molecular weight excluding hydrogens is 304 g/mol. The maximum absolute atomic E-state index is 5.82. The standard InChI is InChI=1S/C20H24O4/c1-4-14(2)17-6-8-18(9-7-17)24-15(3)21-12-16-5-10-19-20(11-16)23-13-22-19/h5-11,14-15H,4,12-13H2,1-3H3. The molecule has 0 saturated heterocycles. The first kappa shape index (κ1) is 16.7. The largest absolute Gasteiger partial charge is 0.465 e. The summed E-state index contributed by atoms with van der Waals surface area (Å²) >= 11 is 0. The van der Waals surface area contributed by atoms with Gasteiger partial charge >= 0.3 is 0 Å². The van der Waals surface area contributed by atoms with E-state index in [4.69, 9.17) is 18.9 Å². The monoisotopic (exact) mass is 328 g/mol. The first-order chi connectivity index (χ1) is 11.7. The minimum absolute atomic E-state index is 0.284. The second-order valence-corrected chi connectivity index (χ2v) is 6.06. The zero-order valence-electron chi connectivity index (χ0n) is 14.5. The van der Waals surface area contributed by atoms with Gasteiger partial charge in [-0.1, -0.05) is 32.0 Å². The Morgan fingerprint density at radius 1 is 1.00 bits per heavy atom. The summed E-state index contributed by atoms with van der Waals surface area (Å²) in [6, 6.07) is 14.1. The molecule has 1 aliphatic heterocycles. The molecule has 0 N–H and O–H groups in total. The highest BCUT2D eigenvalue weighted by atomic mass is 16.7. The van der Waals surface area contributed by atoms with E-state index >= 15 is 0 Å². The number of rotatable bonds is 7. The molecule has 4 nitrogen and oxygen atoms in total. The molecule has 0 bridgehead atoms. The zero-order valence-corrected chi connectivity index (χ0v) is 14.5. The summed E-state index contributed by atoms with van der Waals surface area (Å²) in [6.45, 7) is 7.07. The van der Waals surface area contributed by atoms with Gasteiger partial charge in [0, 0.05) is 0 Å². The predicted octanol–water partition coefficient (Wildman–Crippen LogP) is 4.87. The molecular formula is C20H24O4. The molecule has 3 rings (SSSR count). The van der Waals surface area contributed by atoms with Gasteiger partial charge in [0.15, 0.2) is 17.8 Å². The highest BCUT2D eigenvalue weighted by Gasteiger charge is 2.14. The summed E-state index contributed by atoms with van der Waals surface area (Å²) in [5.74, 6) is 2.94. The van der Waals surface area contributed by atoms with Crippen LogP contribution in [0, 0.1) is 0 Å². The smallest absolute Gasteiger partial charge is 0.231 e. The first-order valence-electron chi connectivity index (χ1n) is 8.42. The van der Waals surface area contributed by atoms with Crippen LogP contribution in [0.5, 0.6) is 17.2 Å². The summed E-state index contributed by atoms with van der Waals surface area (Å²) in [6.07, 6.45) is 0.805. The normalized spacial score (nSPS) is 15.1. The lowest BCUT2D eigenvalue weighted by Gasteiger charge is -2.16. The average molecular weight is 328 g/mol. The summed E-state index contributed by atoms with van der Waals surface area (Å²) in [5.41, 5.74) is 2.36. The number of fused-ring (bicyclic) bond motifs is 1. The van der Waals surface area contributed by atoms with E-state index in [1.54, 1.807) is 0 Å². The second-order valence-electron chi connectivity index (χ2n) is 6.06. The lowest BCUT2D eigenvalue weighted by molar-refractivity contribution is -0.0759. The number of benzene rings is 2. The molecule has 0 spiro atoms. The SMILES string of the molecule is CCC(C)c1ccc(OC(C)OCc2ccc3c(c2)OCO3)cc1. The molecule has 128 valence electrons. The van der Waals surface area contributed by atoms with Crippen molar-refractivity contribution in [2.75, 3.05) is 6.79 Å². The van der Waals surface area contributed by atoms with E-state index < -0.39 is 0 Å². The van der Waals surface area contributed by atoms with Crippen molar-refractivity contribution in [1.29, 1.82) is 0 Å². The Morgan fingerprint density at radius 2 is 1.75 bits per heavy atom. The fraction of sp³-hybridized carbons (Fsp3) is 0.400. The Morgan fingerprint density at radius 3 is 2.50 bits per heavy atom.